The Morgan fingerprint density at radius 1 is 1.24 bits per heavy atom. The molecule has 0 aliphatic carbocycles. The normalized spacial score (nSPS) is 11.2. The van der Waals surface area contributed by atoms with Crippen LogP contribution in [0.4, 0.5) is 18.9 Å². The van der Waals surface area contributed by atoms with Crippen LogP contribution in [0.15, 0.2) is 29.8 Å². The average molecular weight is 316 g/mol. The number of halogens is 3. The Hall–Kier alpha value is -2.42. The molecule has 0 unspecified atom stereocenters. The van der Waals surface area contributed by atoms with Gasteiger partial charge in [-0.15, -0.1) is 11.3 Å². The number of carboxylic acids is 1. The van der Waals surface area contributed by atoms with E-state index in [0.717, 1.165) is 5.51 Å². The summed E-state index contributed by atoms with van der Waals surface area (Å²) >= 11 is 0.527. The minimum absolute atomic E-state index is 0.0866. The topological polar surface area (TPSA) is 79.3 Å². The van der Waals surface area contributed by atoms with E-state index in [1.54, 1.807) is 0 Å². The van der Waals surface area contributed by atoms with Crippen LogP contribution in [0.2, 0.25) is 0 Å². The second kappa shape index (κ2) is 5.52. The number of hydrogen-bond acceptors (Lipinski definition) is 4. The maximum absolute atomic E-state index is 12.7. The molecule has 0 saturated heterocycles. The number of thiazole rings is 1. The lowest BCUT2D eigenvalue weighted by molar-refractivity contribution is -0.141. The maximum Gasteiger partial charge on any atom is 0.434 e. The van der Waals surface area contributed by atoms with Gasteiger partial charge >= 0.3 is 12.1 Å². The fraction of sp³-hybridized carbons (Fsp3) is 0.0833. The molecule has 9 heteroatoms. The standard InChI is InChI=1S/C12H7F3N2O3S/c13-12(14,15)9-8(21-5-16-9)10(18)17-7-4-2-1-3-6(7)11(19)20/h1-5H,(H,17,18)(H,19,20). The summed E-state index contributed by atoms with van der Waals surface area (Å²) in [6.45, 7) is 0. The van der Waals surface area contributed by atoms with Crippen molar-refractivity contribution in [1.82, 2.24) is 4.98 Å². The number of benzene rings is 1. The van der Waals surface area contributed by atoms with Gasteiger partial charge in [0.15, 0.2) is 5.69 Å². The second-order valence-electron chi connectivity index (χ2n) is 3.83. The molecule has 0 atom stereocenters. The number of nitrogens with zero attached hydrogens (tertiary/aromatic N) is 1. The quantitative estimate of drug-likeness (QED) is 0.912. The van der Waals surface area contributed by atoms with Crippen molar-refractivity contribution in [3.63, 3.8) is 0 Å². The van der Waals surface area contributed by atoms with Crippen molar-refractivity contribution in [2.75, 3.05) is 5.32 Å². The van der Waals surface area contributed by atoms with Gasteiger partial charge in [-0.1, -0.05) is 12.1 Å². The summed E-state index contributed by atoms with van der Waals surface area (Å²) in [5.41, 5.74) is -0.695. The van der Waals surface area contributed by atoms with Crippen LogP contribution in [-0.4, -0.2) is 22.0 Å². The van der Waals surface area contributed by atoms with E-state index in [2.05, 4.69) is 10.3 Å². The Kier molecular flexibility index (Phi) is 3.94. The number of carbonyl (C=O) groups excluding carboxylic acids is 1. The highest BCUT2D eigenvalue weighted by Gasteiger charge is 2.38. The van der Waals surface area contributed by atoms with Crippen molar-refractivity contribution in [3.8, 4) is 0 Å². The Balaban J connectivity index is 2.32. The molecule has 1 amide bonds. The zero-order valence-corrected chi connectivity index (χ0v) is 11.0. The van der Waals surface area contributed by atoms with Crippen molar-refractivity contribution in [2.45, 2.75) is 6.18 Å². The molecule has 1 aromatic heterocycles. The van der Waals surface area contributed by atoms with E-state index in [1.165, 1.54) is 24.3 Å². The van der Waals surface area contributed by atoms with Crippen LogP contribution in [0, 0.1) is 0 Å². The number of anilines is 1. The van der Waals surface area contributed by atoms with Crippen LogP contribution < -0.4 is 5.32 Å². The number of carboxylic acid groups (broad SMARTS) is 1. The third-order valence-electron chi connectivity index (χ3n) is 2.45. The van der Waals surface area contributed by atoms with Crippen molar-refractivity contribution in [1.29, 1.82) is 0 Å². The predicted octanol–water partition coefficient (Wildman–Crippen LogP) is 3.11. The molecule has 1 aromatic carbocycles. The molecule has 0 fully saturated rings. The van der Waals surface area contributed by atoms with E-state index in [4.69, 9.17) is 5.11 Å². The summed E-state index contributed by atoms with van der Waals surface area (Å²) in [6.07, 6.45) is -4.75. The van der Waals surface area contributed by atoms with Crippen LogP contribution in [0.1, 0.15) is 25.7 Å². The first kappa shape index (κ1) is 15.0. The molecule has 0 aliphatic heterocycles. The van der Waals surface area contributed by atoms with Gasteiger partial charge in [-0.25, -0.2) is 9.78 Å². The predicted molar refractivity (Wildman–Crippen MR) is 68.5 cm³/mol. The Bertz CT molecular complexity index is 697. The molecule has 110 valence electrons. The van der Waals surface area contributed by atoms with Gasteiger partial charge in [-0.3, -0.25) is 4.79 Å². The highest BCUT2D eigenvalue weighted by Crippen LogP contribution is 2.33. The Morgan fingerprint density at radius 3 is 2.52 bits per heavy atom. The molecule has 0 aliphatic rings. The van der Waals surface area contributed by atoms with Crippen molar-refractivity contribution >= 4 is 28.9 Å². The van der Waals surface area contributed by atoms with Crippen LogP contribution in [0.3, 0.4) is 0 Å². The van der Waals surface area contributed by atoms with Gasteiger partial charge < -0.3 is 10.4 Å². The summed E-state index contributed by atoms with van der Waals surface area (Å²) in [7, 11) is 0. The summed E-state index contributed by atoms with van der Waals surface area (Å²) in [4.78, 5) is 25.4. The van der Waals surface area contributed by atoms with Crippen LogP contribution >= 0.6 is 11.3 Å². The number of nitrogens with one attached hydrogen (secondary N) is 1. The molecule has 0 spiro atoms. The molecule has 2 rings (SSSR count). The molecule has 0 radical (unpaired) electrons. The monoisotopic (exact) mass is 316 g/mol. The molecule has 2 N–H and O–H groups in total. The van der Waals surface area contributed by atoms with E-state index in [9.17, 15) is 22.8 Å². The lowest BCUT2D eigenvalue weighted by Gasteiger charge is -2.09. The Labute approximate surface area is 120 Å². The molecular formula is C12H7F3N2O3S. The van der Waals surface area contributed by atoms with Gasteiger partial charge in [-0.2, -0.15) is 13.2 Å². The third-order valence-corrected chi connectivity index (χ3v) is 3.27. The fourth-order valence-corrected chi connectivity index (χ4v) is 2.27. The number of hydrogen-bond donors (Lipinski definition) is 2. The number of carbonyl (C=O) groups is 2. The first-order valence-electron chi connectivity index (χ1n) is 5.45. The van der Waals surface area contributed by atoms with Crippen LogP contribution in [0.25, 0.3) is 0 Å². The largest absolute Gasteiger partial charge is 0.478 e. The smallest absolute Gasteiger partial charge is 0.434 e. The van der Waals surface area contributed by atoms with Gasteiger partial charge in [0.25, 0.3) is 5.91 Å². The molecule has 21 heavy (non-hydrogen) atoms. The lowest BCUT2D eigenvalue weighted by Crippen LogP contribution is -2.18. The molecule has 0 saturated carbocycles. The van der Waals surface area contributed by atoms with E-state index in [0.29, 0.717) is 11.3 Å². The van der Waals surface area contributed by atoms with Crippen LogP contribution in [0.5, 0.6) is 0 Å². The number of amides is 1. The van der Waals surface area contributed by atoms with E-state index in [1.807, 2.05) is 0 Å². The number of aromatic nitrogens is 1. The van der Waals surface area contributed by atoms with Crippen molar-refractivity contribution in [2.24, 2.45) is 0 Å². The third kappa shape index (κ3) is 3.19. The molecule has 1 heterocycles. The number of alkyl halides is 3. The van der Waals surface area contributed by atoms with E-state index >= 15 is 0 Å². The Morgan fingerprint density at radius 2 is 1.90 bits per heavy atom. The summed E-state index contributed by atoms with van der Waals surface area (Å²) in [6, 6.07) is 5.41. The van der Waals surface area contributed by atoms with Gasteiger partial charge in [0.1, 0.15) is 4.88 Å². The van der Waals surface area contributed by atoms with Gasteiger partial charge in [0.2, 0.25) is 0 Å². The minimum Gasteiger partial charge on any atom is -0.478 e. The number of aromatic carboxylic acids is 1. The fourth-order valence-electron chi connectivity index (χ4n) is 1.57. The number of rotatable bonds is 3. The van der Waals surface area contributed by atoms with Crippen molar-refractivity contribution < 1.29 is 27.9 Å². The molecule has 2 aromatic rings. The zero-order chi connectivity index (χ0) is 15.6. The number of para-hydroxylation sites is 1. The summed E-state index contributed by atoms with van der Waals surface area (Å²) < 4.78 is 38.0. The molecule has 5 nitrogen and oxygen atoms in total. The van der Waals surface area contributed by atoms with E-state index in [-0.39, 0.29) is 11.3 Å². The minimum atomic E-state index is -4.75. The highest BCUT2D eigenvalue weighted by atomic mass is 32.1. The summed E-state index contributed by atoms with van der Waals surface area (Å²) in [5.74, 6) is -2.36. The van der Waals surface area contributed by atoms with Gasteiger partial charge in [-0.05, 0) is 12.1 Å². The zero-order valence-electron chi connectivity index (χ0n) is 10.1. The lowest BCUT2D eigenvalue weighted by atomic mass is 10.2. The summed E-state index contributed by atoms with van der Waals surface area (Å²) in [5, 5.41) is 11.1. The van der Waals surface area contributed by atoms with Gasteiger partial charge in [0.05, 0.1) is 16.8 Å². The second-order valence-corrected chi connectivity index (χ2v) is 4.69. The molecular weight excluding hydrogens is 309 g/mol. The van der Waals surface area contributed by atoms with Crippen molar-refractivity contribution in [3.05, 3.63) is 45.9 Å². The first-order chi connectivity index (χ1) is 9.80. The maximum atomic E-state index is 12.7. The van der Waals surface area contributed by atoms with E-state index < -0.39 is 28.6 Å². The first-order valence-corrected chi connectivity index (χ1v) is 6.33. The highest BCUT2D eigenvalue weighted by molar-refractivity contribution is 7.12. The molecule has 0 bridgehead atoms. The van der Waals surface area contributed by atoms with Gasteiger partial charge in [0, 0.05) is 0 Å². The van der Waals surface area contributed by atoms with Crippen LogP contribution in [-0.2, 0) is 6.18 Å². The SMILES string of the molecule is O=C(O)c1ccccc1NC(=O)c1scnc1C(F)(F)F. The average Bonchev–Trinajstić information content (AvgIpc) is 2.88.